The van der Waals surface area contributed by atoms with Crippen LogP contribution in [0.25, 0.3) is 0 Å². The number of fused-ring (bicyclic) bond motifs is 2. The van der Waals surface area contributed by atoms with Crippen molar-refractivity contribution in [3.8, 4) is 0 Å². The summed E-state index contributed by atoms with van der Waals surface area (Å²) in [5.74, 6) is 0.387. The zero-order valence-corrected chi connectivity index (χ0v) is 16.5. The normalized spacial score (nSPS) is 26.6. The molecule has 1 aromatic rings. The van der Waals surface area contributed by atoms with Gasteiger partial charge in [-0.2, -0.15) is 0 Å². The van der Waals surface area contributed by atoms with Crippen molar-refractivity contribution in [2.24, 2.45) is 11.8 Å². The average molecular weight is 385 g/mol. The van der Waals surface area contributed by atoms with E-state index >= 15 is 0 Å². The lowest BCUT2D eigenvalue weighted by atomic mass is 9.75. The van der Waals surface area contributed by atoms with Crippen molar-refractivity contribution in [3.63, 3.8) is 0 Å². The van der Waals surface area contributed by atoms with Gasteiger partial charge >= 0.3 is 5.97 Å². The van der Waals surface area contributed by atoms with Crippen LogP contribution in [-0.4, -0.2) is 29.9 Å². The van der Waals surface area contributed by atoms with E-state index in [1.165, 1.54) is 37.3 Å². The molecule has 0 amide bonds. The third-order valence-corrected chi connectivity index (χ3v) is 5.89. The molecule has 0 radical (unpaired) electrons. The summed E-state index contributed by atoms with van der Waals surface area (Å²) in [7, 11) is 0. The monoisotopic (exact) mass is 384 g/mol. The molecule has 2 fully saturated rings. The summed E-state index contributed by atoms with van der Waals surface area (Å²) in [5, 5.41) is 8.61. The number of hydrogen-bond acceptors (Lipinski definition) is 3. The van der Waals surface area contributed by atoms with Gasteiger partial charge in [-0.15, -0.1) is 0 Å². The van der Waals surface area contributed by atoms with Gasteiger partial charge in [-0.05, 0) is 55.9 Å². The Hall–Kier alpha value is -1.91. The highest BCUT2D eigenvalue weighted by Crippen LogP contribution is 2.47. The summed E-state index contributed by atoms with van der Waals surface area (Å²) < 4.78 is 12.0. The van der Waals surface area contributed by atoms with Crippen LogP contribution in [0, 0.1) is 11.8 Å². The van der Waals surface area contributed by atoms with Gasteiger partial charge in [-0.3, -0.25) is 0 Å². The van der Waals surface area contributed by atoms with Crippen LogP contribution in [0.5, 0.6) is 0 Å². The van der Waals surface area contributed by atoms with Crippen molar-refractivity contribution in [1.29, 1.82) is 0 Å². The SMILES string of the molecule is O=C(O)/C=C/C/C=C\C[C@H]1[C@@H](CCCCOCc2ccccc2)[C@H]2CC[C@@H]1O2. The quantitative estimate of drug-likeness (QED) is 0.308. The molecule has 0 saturated carbocycles. The molecule has 2 saturated heterocycles. The van der Waals surface area contributed by atoms with Gasteiger partial charge < -0.3 is 14.6 Å². The smallest absolute Gasteiger partial charge is 0.327 e. The summed E-state index contributed by atoms with van der Waals surface area (Å²) in [4.78, 5) is 10.5. The standard InChI is InChI=1S/C24H32O4/c25-24(26)14-7-2-1-6-12-20-21(23-16-15-22(20)28-23)13-8-9-17-27-18-19-10-4-3-5-11-19/h1,3-7,10-11,14,20-23H,2,8-9,12-13,15-18H2,(H,25,26)/b6-1-,14-7+/t20-,21+,22-,23+/m0/s1. The van der Waals surface area contributed by atoms with Crippen molar-refractivity contribution < 1.29 is 19.4 Å². The van der Waals surface area contributed by atoms with E-state index in [2.05, 4.69) is 24.3 Å². The minimum absolute atomic E-state index is 0.420. The van der Waals surface area contributed by atoms with Gasteiger partial charge in [-0.25, -0.2) is 4.79 Å². The maximum absolute atomic E-state index is 10.5. The molecule has 152 valence electrons. The number of ether oxygens (including phenoxy) is 2. The molecule has 4 atom stereocenters. The summed E-state index contributed by atoms with van der Waals surface area (Å²) >= 11 is 0. The molecule has 2 aliphatic heterocycles. The van der Waals surface area contributed by atoms with Crippen molar-refractivity contribution in [1.82, 2.24) is 0 Å². The number of benzene rings is 1. The van der Waals surface area contributed by atoms with Gasteiger partial charge in [0.1, 0.15) is 0 Å². The first kappa shape index (κ1) is 20.8. The molecule has 4 heteroatoms. The first-order valence-corrected chi connectivity index (χ1v) is 10.6. The van der Waals surface area contributed by atoms with Crippen LogP contribution >= 0.6 is 0 Å². The van der Waals surface area contributed by atoms with Crippen LogP contribution in [0.2, 0.25) is 0 Å². The van der Waals surface area contributed by atoms with Crippen LogP contribution in [0.15, 0.2) is 54.6 Å². The highest BCUT2D eigenvalue weighted by atomic mass is 16.5. The number of carbonyl (C=O) groups is 1. The van der Waals surface area contributed by atoms with E-state index < -0.39 is 5.97 Å². The molecule has 0 spiro atoms. The lowest BCUT2D eigenvalue weighted by Crippen LogP contribution is -2.26. The summed E-state index contributed by atoms with van der Waals surface area (Å²) in [5.41, 5.74) is 1.23. The zero-order chi connectivity index (χ0) is 19.6. The van der Waals surface area contributed by atoms with E-state index in [0.29, 0.717) is 37.1 Å². The van der Waals surface area contributed by atoms with Gasteiger partial charge in [-0.1, -0.05) is 55.0 Å². The lowest BCUT2D eigenvalue weighted by Gasteiger charge is -2.27. The molecule has 0 aromatic heterocycles. The number of rotatable bonds is 12. The van der Waals surface area contributed by atoms with Crippen LogP contribution in [-0.2, 0) is 20.9 Å². The molecule has 4 nitrogen and oxygen atoms in total. The molecule has 0 aliphatic carbocycles. The number of carboxylic acids is 1. The van der Waals surface area contributed by atoms with Crippen LogP contribution in [0.1, 0.15) is 50.5 Å². The maximum atomic E-state index is 10.5. The van der Waals surface area contributed by atoms with Crippen molar-refractivity contribution in [2.45, 2.75) is 63.8 Å². The van der Waals surface area contributed by atoms with Crippen molar-refractivity contribution in [2.75, 3.05) is 6.61 Å². The second-order valence-corrected chi connectivity index (χ2v) is 7.84. The third-order valence-electron chi connectivity index (χ3n) is 5.89. The maximum Gasteiger partial charge on any atom is 0.327 e. The van der Waals surface area contributed by atoms with E-state index in [0.717, 1.165) is 19.4 Å². The highest BCUT2D eigenvalue weighted by molar-refractivity contribution is 5.79. The van der Waals surface area contributed by atoms with E-state index in [-0.39, 0.29) is 0 Å². The molecule has 1 N–H and O–H groups in total. The summed E-state index contributed by atoms with van der Waals surface area (Å²) in [6.45, 7) is 1.51. The lowest BCUT2D eigenvalue weighted by molar-refractivity contribution is -0.131. The molecule has 1 aromatic carbocycles. The van der Waals surface area contributed by atoms with Crippen LogP contribution in [0.4, 0.5) is 0 Å². The van der Waals surface area contributed by atoms with Gasteiger partial charge in [0.2, 0.25) is 0 Å². The van der Waals surface area contributed by atoms with Crippen LogP contribution < -0.4 is 0 Å². The second-order valence-electron chi connectivity index (χ2n) is 7.84. The Morgan fingerprint density at radius 3 is 2.64 bits per heavy atom. The minimum Gasteiger partial charge on any atom is -0.478 e. The first-order valence-electron chi connectivity index (χ1n) is 10.6. The number of allylic oxidation sites excluding steroid dienone is 3. The fourth-order valence-electron chi connectivity index (χ4n) is 4.54. The first-order chi connectivity index (χ1) is 13.7. The highest BCUT2D eigenvalue weighted by Gasteiger charge is 2.47. The van der Waals surface area contributed by atoms with Gasteiger partial charge in [0.25, 0.3) is 0 Å². The average Bonchev–Trinajstić information content (AvgIpc) is 3.30. The number of hydrogen-bond donors (Lipinski definition) is 1. The largest absolute Gasteiger partial charge is 0.478 e. The summed E-state index contributed by atoms with van der Waals surface area (Å²) in [6, 6.07) is 10.3. The van der Waals surface area contributed by atoms with Gasteiger partial charge in [0, 0.05) is 12.7 Å². The predicted molar refractivity (Wildman–Crippen MR) is 110 cm³/mol. The fraction of sp³-hybridized carbons (Fsp3) is 0.542. The van der Waals surface area contributed by atoms with Gasteiger partial charge in [0.05, 0.1) is 18.8 Å². The Bertz CT molecular complexity index is 652. The van der Waals surface area contributed by atoms with E-state index in [4.69, 9.17) is 14.6 Å². The number of unbranched alkanes of at least 4 members (excludes halogenated alkanes) is 1. The predicted octanol–water partition coefficient (Wildman–Crippen LogP) is 5.14. The molecule has 2 aliphatic rings. The Morgan fingerprint density at radius 1 is 1.07 bits per heavy atom. The molecule has 2 heterocycles. The zero-order valence-electron chi connectivity index (χ0n) is 16.5. The second kappa shape index (κ2) is 11.2. The van der Waals surface area contributed by atoms with Crippen molar-refractivity contribution >= 4 is 5.97 Å². The molecule has 2 bridgehead atoms. The summed E-state index contributed by atoms with van der Waals surface area (Å²) in [6.07, 6.45) is 15.6. The molecule has 3 rings (SSSR count). The van der Waals surface area contributed by atoms with E-state index in [1.54, 1.807) is 6.08 Å². The Morgan fingerprint density at radius 2 is 1.86 bits per heavy atom. The topological polar surface area (TPSA) is 55.8 Å². The fourth-order valence-corrected chi connectivity index (χ4v) is 4.54. The third kappa shape index (κ3) is 6.32. The number of aliphatic carboxylic acids is 1. The Kier molecular flexibility index (Phi) is 8.31. The minimum atomic E-state index is -0.886. The Labute approximate surface area is 168 Å². The van der Waals surface area contributed by atoms with E-state index in [1.807, 2.05) is 18.2 Å². The molecule has 0 unspecified atom stereocenters. The van der Waals surface area contributed by atoms with Crippen LogP contribution in [0.3, 0.4) is 0 Å². The molecule has 28 heavy (non-hydrogen) atoms. The molecular formula is C24H32O4. The van der Waals surface area contributed by atoms with E-state index in [9.17, 15) is 4.79 Å². The molecular weight excluding hydrogens is 352 g/mol. The van der Waals surface area contributed by atoms with Gasteiger partial charge in [0.15, 0.2) is 0 Å². The Balaban J connectivity index is 1.33. The van der Waals surface area contributed by atoms with Crippen molar-refractivity contribution in [3.05, 3.63) is 60.2 Å². The number of carboxylic acid groups (broad SMARTS) is 1.